The van der Waals surface area contributed by atoms with Crippen LogP contribution in [0.2, 0.25) is 0 Å². The van der Waals surface area contributed by atoms with Gasteiger partial charge in [-0.05, 0) is 6.42 Å². The van der Waals surface area contributed by atoms with Gasteiger partial charge in [-0.25, -0.2) is 4.98 Å². The zero-order chi connectivity index (χ0) is 7.68. The molecule has 0 amide bonds. The monoisotopic (exact) mass is 169 g/mol. The third-order valence-electron chi connectivity index (χ3n) is 1.81. The minimum absolute atomic E-state index is 0.168. The molecule has 0 spiro atoms. The van der Waals surface area contributed by atoms with Crippen LogP contribution in [-0.2, 0) is 0 Å². The van der Waals surface area contributed by atoms with Crippen LogP contribution in [0.4, 0.5) is 5.13 Å². The highest BCUT2D eigenvalue weighted by molar-refractivity contribution is 7.13. The van der Waals surface area contributed by atoms with Crippen LogP contribution in [0.3, 0.4) is 0 Å². The third kappa shape index (κ3) is 1.36. The van der Waals surface area contributed by atoms with E-state index in [9.17, 15) is 5.11 Å². The molecule has 0 saturated carbocycles. The Balaban J connectivity index is 2.08. The van der Waals surface area contributed by atoms with Crippen LogP contribution in [0, 0.1) is 5.38 Å². The minimum atomic E-state index is -0.168. The van der Waals surface area contributed by atoms with Crippen LogP contribution in [0.15, 0.2) is 6.20 Å². The second-order valence-corrected chi connectivity index (χ2v) is 3.45. The van der Waals surface area contributed by atoms with Gasteiger partial charge < -0.3 is 10.0 Å². The number of aromatic nitrogens is 1. The van der Waals surface area contributed by atoms with Crippen molar-refractivity contribution in [3.8, 4) is 0 Å². The summed E-state index contributed by atoms with van der Waals surface area (Å²) >= 11 is 1.50. The van der Waals surface area contributed by atoms with Gasteiger partial charge in [-0.3, -0.25) is 0 Å². The molecule has 1 radical (unpaired) electrons. The van der Waals surface area contributed by atoms with Gasteiger partial charge >= 0.3 is 0 Å². The summed E-state index contributed by atoms with van der Waals surface area (Å²) in [6.45, 7) is 1.64. The summed E-state index contributed by atoms with van der Waals surface area (Å²) in [5.74, 6) is 0. The van der Waals surface area contributed by atoms with Gasteiger partial charge in [0.15, 0.2) is 5.13 Å². The number of hydrogen-bond donors (Lipinski definition) is 1. The summed E-state index contributed by atoms with van der Waals surface area (Å²) in [5, 5.41) is 13.1. The first-order valence-electron chi connectivity index (χ1n) is 3.61. The van der Waals surface area contributed by atoms with E-state index in [4.69, 9.17) is 0 Å². The van der Waals surface area contributed by atoms with Crippen molar-refractivity contribution >= 4 is 16.5 Å². The van der Waals surface area contributed by atoms with Crippen molar-refractivity contribution in [2.75, 3.05) is 18.0 Å². The molecule has 2 rings (SSSR count). The van der Waals surface area contributed by atoms with Crippen LogP contribution in [0.25, 0.3) is 0 Å². The topological polar surface area (TPSA) is 36.4 Å². The number of aliphatic hydroxyl groups excluding tert-OH is 1. The summed E-state index contributed by atoms with van der Waals surface area (Å²) in [4.78, 5) is 6.20. The smallest absolute Gasteiger partial charge is 0.185 e. The molecule has 4 heteroatoms. The SMILES string of the molecule is O[C@@H]1CCN(c2nc[c]s2)C1. The highest BCUT2D eigenvalue weighted by atomic mass is 32.1. The molecule has 1 aromatic heterocycles. The van der Waals surface area contributed by atoms with E-state index in [0.717, 1.165) is 24.6 Å². The molecule has 11 heavy (non-hydrogen) atoms. The van der Waals surface area contributed by atoms with Crippen LogP contribution < -0.4 is 4.90 Å². The van der Waals surface area contributed by atoms with E-state index in [1.54, 1.807) is 6.20 Å². The number of nitrogens with zero attached hydrogens (tertiary/aromatic N) is 2. The summed E-state index contributed by atoms with van der Waals surface area (Å²) in [6.07, 6.45) is 2.36. The summed E-state index contributed by atoms with van der Waals surface area (Å²) in [7, 11) is 0. The van der Waals surface area contributed by atoms with Crippen molar-refractivity contribution in [3.05, 3.63) is 11.6 Å². The Bertz CT molecular complexity index is 224. The quantitative estimate of drug-likeness (QED) is 0.665. The summed E-state index contributed by atoms with van der Waals surface area (Å²) in [5.41, 5.74) is 0. The zero-order valence-electron chi connectivity index (χ0n) is 6.03. The first-order chi connectivity index (χ1) is 5.36. The molecule has 1 N–H and O–H groups in total. The standard InChI is InChI=1S/C7H9N2OS/c10-6-1-3-9(5-6)7-8-2-4-11-7/h2,6,10H,1,3,5H2/t6-/m1/s1. The summed E-state index contributed by atoms with van der Waals surface area (Å²) in [6, 6.07) is 0. The number of thiazole rings is 1. The van der Waals surface area contributed by atoms with Crippen LogP contribution in [0.1, 0.15) is 6.42 Å². The van der Waals surface area contributed by atoms with Crippen LogP contribution in [0.5, 0.6) is 0 Å². The fraction of sp³-hybridized carbons (Fsp3) is 0.571. The third-order valence-corrected chi connectivity index (χ3v) is 2.58. The van der Waals surface area contributed by atoms with Crippen LogP contribution in [-0.4, -0.2) is 29.3 Å². The van der Waals surface area contributed by atoms with Crippen molar-refractivity contribution in [1.29, 1.82) is 0 Å². The van der Waals surface area contributed by atoms with Gasteiger partial charge in [-0.15, -0.1) is 0 Å². The van der Waals surface area contributed by atoms with Gasteiger partial charge in [0.25, 0.3) is 0 Å². The Morgan fingerprint density at radius 3 is 3.27 bits per heavy atom. The Morgan fingerprint density at radius 1 is 1.82 bits per heavy atom. The lowest BCUT2D eigenvalue weighted by molar-refractivity contribution is 0.198. The predicted octanol–water partition coefficient (Wildman–Crippen LogP) is 0.514. The molecule has 1 atom stereocenters. The van der Waals surface area contributed by atoms with Gasteiger partial charge in [0.1, 0.15) is 0 Å². The Hall–Kier alpha value is -0.610. The van der Waals surface area contributed by atoms with E-state index in [0.29, 0.717) is 0 Å². The molecule has 0 unspecified atom stereocenters. The van der Waals surface area contributed by atoms with Crippen molar-refractivity contribution in [2.45, 2.75) is 12.5 Å². The van der Waals surface area contributed by atoms with E-state index >= 15 is 0 Å². The Labute approximate surface area is 69.3 Å². The minimum Gasteiger partial charge on any atom is -0.391 e. The van der Waals surface area contributed by atoms with E-state index in [-0.39, 0.29) is 6.10 Å². The van der Waals surface area contributed by atoms with Gasteiger partial charge in [0, 0.05) is 19.3 Å². The fourth-order valence-electron chi connectivity index (χ4n) is 1.25. The molecule has 1 fully saturated rings. The first-order valence-corrected chi connectivity index (χ1v) is 4.43. The molecule has 0 bridgehead atoms. The second-order valence-electron chi connectivity index (χ2n) is 2.65. The molecule has 0 aromatic carbocycles. The average molecular weight is 169 g/mol. The van der Waals surface area contributed by atoms with E-state index in [1.165, 1.54) is 11.3 Å². The van der Waals surface area contributed by atoms with E-state index < -0.39 is 0 Å². The van der Waals surface area contributed by atoms with Crippen LogP contribution >= 0.6 is 11.3 Å². The maximum absolute atomic E-state index is 9.22. The molecule has 1 saturated heterocycles. The number of hydrogen-bond acceptors (Lipinski definition) is 4. The van der Waals surface area contributed by atoms with E-state index in [1.807, 2.05) is 0 Å². The largest absolute Gasteiger partial charge is 0.391 e. The highest BCUT2D eigenvalue weighted by Gasteiger charge is 2.21. The van der Waals surface area contributed by atoms with Gasteiger partial charge in [0.2, 0.25) is 0 Å². The lowest BCUT2D eigenvalue weighted by Crippen LogP contribution is -2.20. The van der Waals surface area contributed by atoms with Crippen molar-refractivity contribution in [3.63, 3.8) is 0 Å². The second kappa shape index (κ2) is 2.79. The van der Waals surface area contributed by atoms with Gasteiger partial charge in [-0.2, -0.15) is 0 Å². The number of rotatable bonds is 1. The van der Waals surface area contributed by atoms with Gasteiger partial charge in [-0.1, -0.05) is 11.3 Å². The van der Waals surface area contributed by atoms with Crippen molar-refractivity contribution < 1.29 is 5.11 Å². The maximum atomic E-state index is 9.22. The molecule has 2 heterocycles. The molecule has 1 aliphatic heterocycles. The number of anilines is 1. The average Bonchev–Trinajstić information content (AvgIpc) is 2.55. The normalized spacial score (nSPS) is 24.5. The lowest BCUT2D eigenvalue weighted by atomic mass is 10.3. The summed E-state index contributed by atoms with van der Waals surface area (Å²) < 4.78 is 0. The molecule has 1 aliphatic rings. The molecule has 0 aliphatic carbocycles. The molecular weight excluding hydrogens is 160 g/mol. The lowest BCUT2D eigenvalue weighted by Gasteiger charge is -2.12. The van der Waals surface area contributed by atoms with Gasteiger partial charge in [0.05, 0.1) is 11.5 Å². The molecular formula is C7H9N2OS. The molecule has 59 valence electrons. The maximum Gasteiger partial charge on any atom is 0.185 e. The molecule has 1 aromatic rings. The zero-order valence-corrected chi connectivity index (χ0v) is 6.84. The predicted molar refractivity (Wildman–Crippen MR) is 43.8 cm³/mol. The van der Waals surface area contributed by atoms with E-state index in [2.05, 4.69) is 15.3 Å². The highest BCUT2D eigenvalue weighted by Crippen LogP contribution is 2.21. The molecule has 3 nitrogen and oxygen atoms in total. The van der Waals surface area contributed by atoms with Crippen molar-refractivity contribution in [1.82, 2.24) is 4.98 Å². The van der Waals surface area contributed by atoms with Crippen molar-refractivity contribution in [2.24, 2.45) is 0 Å². The fourth-order valence-corrected chi connectivity index (χ4v) is 1.86. The first kappa shape index (κ1) is 7.06. The Morgan fingerprint density at radius 2 is 2.73 bits per heavy atom. The number of aliphatic hydroxyl groups is 1. The Kier molecular flexibility index (Phi) is 1.79. The number of β-amino-alcohol motifs (C(OH)–C–C–N with tert-alkyl or cyclic N) is 1.